The lowest BCUT2D eigenvalue weighted by Crippen LogP contribution is -2.66. The molecule has 4 aromatic rings. The van der Waals surface area contributed by atoms with Crippen molar-refractivity contribution in [2.45, 2.75) is 76.9 Å². The number of carbonyl (C=O) groups is 2. The molecule has 0 saturated carbocycles. The first-order valence-electron chi connectivity index (χ1n) is 20.7. The van der Waals surface area contributed by atoms with Crippen molar-refractivity contribution >= 4 is 64.9 Å². The van der Waals surface area contributed by atoms with E-state index in [2.05, 4.69) is 20.8 Å². The predicted octanol–water partition coefficient (Wildman–Crippen LogP) is 10.7. The fourth-order valence-corrected chi connectivity index (χ4v) is 14.8. The van der Waals surface area contributed by atoms with Gasteiger partial charge in [0.15, 0.2) is 11.5 Å². The van der Waals surface area contributed by atoms with Crippen molar-refractivity contribution < 1.29 is 54.9 Å². The van der Waals surface area contributed by atoms with Crippen LogP contribution in [-0.2, 0) is 31.1 Å². The normalized spacial score (nSPS) is 21.0. The van der Waals surface area contributed by atoms with E-state index < -0.39 is 78.2 Å². The molecule has 2 amide bonds. The Morgan fingerprint density at radius 1 is 0.873 bits per heavy atom. The topological polar surface area (TPSA) is 85.3 Å². The summed E-state index contributed by atoms with van der Waals surface area (Å²) in [6.07, 6.45) is -7.13. The van der Waals surface area contributed by atoms with E-state index in [1.165, 1.54) is 7.11 Å². The van der Waals surface area contributed by atoms with E-state index in [9.17, 15) is 41.0 Å². The van der Waals surface area contributed by atoms with Gasteiger partial charge >= 0.3 is 12.4 Å². The lowest BCUT2D eigenvalue weighted by Gasteiger charge is -2.44. The average Bonchev–Trinajstić information content (AvgIpc) is 3.77. The molecular weight excluding hydrogens is 956 g/mol. The smallest absolute Gasteiger partial charge is 0.416 e. The molecule has 7 rings (SSSR count). The Morgan fingerprint density at radius 3 is 1.98 bits per heavy atom. The highest BCUT2D eigenvalue weighted by molar-refractivity contribution is 14.1. The molecule has 4 aromatic carbocycles. The maximum absolute atomic E-state index is 14.5. The summed E-state index contributed by atoms with van der Waals surface area (Å²) in [5.74, 6) is -4.18. The number of fused-ring (bicyclic) bond motifs is 3. The predicted molar refractivity (Wildman–Crippen MR) is 239 cm³/mol. The standard InChI is InChI=1S/C48H48F6INO6Si/c1-6-28(19-29-20-38(55)43(57)40(21-29)60-5)17-18-39-41-30(26-62-63(46(2,3)4,34-13-9-7-10-14-34)35-15-11-8-12-16-35)22-36-42(37(41)27-61-39)45(59)56(44(36)58)33-24-31(47(49,50)51)23-32(25-33)48(52,53)54/h7-16,19-21,23-25,36-37,39,42,57H,6,17-18,22,26-27H2,1-5H3/b28-19+/t36-,37+,39-,42-/m1/s1. The molecule has 0 radical (unpaired) electrons. The maximum Gasteiger partial charge on any atom is 0.416 e. The molecule has 1 N–H and O–H groups in total. The number of amides is 2. The summed E-state index contributed by atoms with van der Waals surface area (Å²) < 4.78 is 104. The number of imide groups is 1. The van der Waals surface area contributed by atoms with Crippen LogP contribution in [0.4, 0.5) is 32.0 Å². The van der Waals surface area contributed by atoms with Crippen LogP contribution in [0.15, 0.2) is 108 Å². The minimum Gasteiger partial charge on any atom is -0.504 e. The number of halogens is 7. The molecule has 15 heteroatoms. The Bertz CT molecular complexity index is 2360. The summed E-state index contributed by atoms with van der Waals surface area (Å²) in [5, 5.41) is 12.0. The number of allylic oxidation sites excluding steroid dienone is 1. The monoisotopic (exact) mass is 1000 g/mol. The van der Waals surface area contributed by atoms with Crippen LogP contribution in [0, 0.1) is 21.3 Å². The number of benzene rings is 4. The fraction of sp³-hybridized carbons (Fsp3) is 0.375. The molecule has 0 bridgehead atoms. The van der Waals surface area contributed by atoms with Gasteiger partial charge in [-0.1, -0.05) is 100 Å². The second kappa shape index (κ2) is 17.8. The molecule has 3 aliphatic rings. The average molecular weight is 1000 g/mol. The third-order valence-electron chi connectivity index (χ3n) is 12.5. The molecule has 0 aromatic heterocycles. The third-order valence-corrected chi connectivity index (χ3v) is 18.3. The SMILES string of the molecule is CC/C(=C\c1cc(I)c(O)c(OC)c1)CC[C@H]1OC[C@H]2C1=C(CO[Si](c1ccccc1)(c1ccccc1)C(C)(C)C)C[C@H]1C(=O)N(c3cc(C(F)(F)F)cc(C(F)(F)F)c3)C(=O)[C@H]12. The van der Waals surface area contributed by atoms with E-state index in [1.807, 2.05) is 102 Å². The van der Waals surface area contributed by atoms with Crippen molar-refractivity contribution in [3.63, 3.8) is 0 Å². The Morgan fingerprint density at radius 2 is 1.46 bits per heavy atom. The van der Waals surface area contributed by atoms with Crippen molar-refractivity contribution in [2.24, 2.45) is 17.8 Å². The van der Waals surface area contributed by atoms with Gasteiger partial charge in [0.05, 0.1) is 58.6 Å². The largest absolute Gasteiger partial charge is 0.504 e. The van der Waals surface area contributed by atoms with Crippen LogP contribution in [0.3, 0.4) is 0 Å². The molecule has 2 saturated heterocycles. The molecule has 4 atom stereocenters. The number of rotatable bonds is 12. The number of methoxy groups -OCH3 is 1. The van der Waals surface area contributed by atoms with E-state index in [-0.39, 0.29) is 31.5 Å². The van der Waals surface area contributed by atoms with E-state index in [1.54, 1.807) is 6.07 Å². The Hall–Kier alpha value is -4.45. The lowest BCUT2D eigenvalue weighted by molar-refractivity contribution is -0.143. The zero-order chi connectivity index (χ0) is 45.6. The maximum atomic E-state index is 14.5. The molecule has 0 spiro atoms. The van der Waals surface area contributed by atoms with Gasteiger partial charge in [0.25, 0.3) is 8.32 Å². The van der Waals surface area contributed by atoms with Crippen LogP contribution in [0.5, 0.6) is 11.5 Å². The van der Waals surface area contributed by atoms with Gasteiger partial charge in [0.1, 0.15) is 0 Å². The highest BCUT2D eigenvalue weighted by Crippen LogP contribution is 2.52. The molecule has 2 aliphatic heterocycles. The first-order valence-corrected chi connectivity index (χ1v) is 23.7. The van der Waals surface area contributed by atoms with E-state index >= 15 is 0 Å². The molecule has 1 aliphatic carbocycles. The number of anilines is 1. The summed E-state index contributed by atoms with van der Waals surface area (Å²) in [4.78, 5) is 29.4. The zero-order valence-electron chi connectivity index (χ0n) is 35.4. The van der Waals surface area contributed by atoms with Gasteiger partial charge in [-0.25, -0.2) is 4.90 Å². The number of nitrogens with zero attached hydrogens (tertiary/aromatic N) is 1. The number of aromatic hydroxyl groups is 1. The molecule has 334 valence electrons. The van der Waals surface area contributed by atoms with Gasteiger partial charge in [-0.05, 0) is 111 Å². The van der Waals surface area contributed by atoms with E-state index in [0.717, 1.165) is 32.7 Å². The number of carbonyl (C=O) groups excluding carboxylic acids is 2. The third kappa shape index (κ3) is 8.99. The summed E-state index contributed by atoms with van der Waals surface area (Å²) in [6.45, 7) is 8.48. The molecule has 63 heavy (non-hydrogen) atoms. The van der Waals surface area contributed by atoms with Crippen molar-refractivity contribution in [3.05, 3.63) is 128 Å². The van der Waals surface area contributed by atoms with Crippen LogP contribution < -0.4 is 20.0 Å². The van der Waals surface area contributed by atoms with Gasteiger partial charge in [0, 0.05) is 5.92 Å². The lowest BCUT2D eigenvalue weighted by atomic mass is 9.69. The summed E-state index contributed by atoms with van der Waals surface area (Å²) in [6, 6.07) is 24.3. The van der Waals surface area contributed by atoms with Gasteiger partial charge in [0.2, 0.25) is 11.8 Å². The summed E-state index contributed by atoms with van der Waals surface area (Å²) >= 11 is 2.04. The van der Waals surface area contributed by atoms with E-state index in [0.29, 0.717) is 45.6 Å². The summed E-state index contributed by atoms with van der Waals surface area (Å²) in [5.41, 5.74) is -0.604. The highest BCUT2D eigenvalue weighted by Gasteiger charge is 2.58. The quantitative estimate of drug-likeness (QED) is 0.0500. The van der Waals surface area contributed by atoms with Gasteiger partial charge in [-0.2, -0.15) is 26.3 Å². The Labute approximate surface area is 377 Å². The minimum absolute atomic E-state index is 0.00292. The first-order chi connectivity index (χ1) is 29.7. The second-order valence-corrected chi connectivity index (χ2v) is 22.8. The number of hydrogen-bond acceptors (Lipinski definition) is 6. The first kappa shape index (κ1) is 46.5. The Balaban J connectivity index is 1.30. The Kier molecular flexibility index (Phi) is 13.2. The van der Waals surface area contributed by atoms with Crippen LogP contribution >= 0.6 is 22.6 Å². The van der Waals surface area contributed by atoms with Crippen LogP contribution in [0.1, 0.15) is 70.1 Å². The molecule has 7 nitrogen and oxygen atoms in total. The molecule has 0 unspecified atom stereocenters. The number of phenolic OH excluding ortho intramolecular Hbond substituents is 1. The number of phenols is 1. The zero-order valence-corrected chi connectivity index (χ0v) is 38.5. The number of ether oxygens (including phenoxy) is 2. The van der Waals surface area contributed by atoms with Crippen molar-refractivity contribution in [3.8, 4) is 11.5 Å². The second-order valence-electron chi connectivity index (χ2n) is 17.3. The number of hydrogen-bond donors (Lipinski definition) is 1. The van der Waals surface area contributed by atoms with E-state index in [4.69, 9.17) is 13.9 Å². The van der Waals surface area contributed by atoms with Crippen LogP contribution in [0.25, 0.3) is 6.08 Å². The van der Waals surface area contributed by atoms with Gasteiger partial charge in [-0.3, -0.25) is 9.59 Å². The van der Waals surface area contributed by atoms with Crippen molar-refractivity contribution in [1.29, 1.82) is 0 Å². The summed E-state index contributed by atoms with van der Waals surface area (Å²) in [7, 11) is -1.69. The highest BCUT2D eigenvalue weighted by atomic mass is 127. The van der Waals surface area contributed by atoms with Gasteiger partial charge < -0.3 is 19.0 Å². The van der Waals surface area contributed by atoms with Gasteiger partial charge in [-0.15, -0.1) is 0 Å². The fourth-order valence-electron chi connectivity index (χ4n) is 9.62. The molecular formula is C48H48F6INO6Si. The van der Waals surface area contributed by atoms with Crippen molar-refractivity contribution in [2.75, 3.05) is 25.2 Å². The van der Waals surface area contributed by atoms with Crippen molar-refractivity contribution in [1.82, 2.24) is 0 Å². The molecule has 2 fully saturated rings. The van der Waals surface area contributed by atoms with Crippen LogP contribution in [0.2, 0.25) is 5.04 Å². The minimum atomic E-state index is -5.18. The van der Waals surface area contributed by atoms with Crippen LogP contribution in [-0.4, -0.2) is 51.7 Å². The molecule has 2 heterocycles. The number of alkyl halides is 6.